The molecule has 2 N–H and O–H groups in total. The maximum Gasteiger partial charge on any atom is 0.244 e. The van der Waals surface area contributed by atoms with Crippen molar-refractivity contribution in [1.82, 2.24) is 10.2 Å². The molecule has 0 saturated carbocycles. The van der Waals surface area contributed by atoms with E-state index in [1.807, 2.05) is 31.1 Å². The van der Waals surface area contributed by atoms with E-state index in [1.165, 1.54) is 6.08 Å². The number of hydrogen-bond donors (Lipinski definition) is 2. The van der Waals surface area contributed by atoms with Gasteiger partial charge in [-0.1, -0.05) is 12.1 Å². The van der Waals surface area contributed by atoms with E-state index >= 15 is 0 Å². The van der Waals surface area contributed by atoms with Crippen molar-refractivity contribution in [3.8, 4) is 0 Å². The molecular formula is C18H23N3O4S. The molecule has 1 aromatic carbocycles. The Morgan fingerprint density at radius 3 is 2.46 bits per heavy atom. The first-order valence-corrected chi connectivity index (χ1v) is 9.87. The van der Waals surface area contributed by atoms with Gasteiger partial charge in [-0.25, -0.2) is 8.42 Å². The highest BCUT2D eigenvalue weighted by Crippen LogP contribution is 2.17. The summed E-state index contributed by atoms with van der Waals surface area (Å²) in [4.78, 5) is 14.0. The third-order valence-corrected chi connectivity index (χ3v) is 4.21. The number of furan rings is 1. The minimum atomic E-state index is -3.30. The van der Waals surface area contributed by atoms with Crippen molar-refractivity contribution in [2.45, 2.75) is 6.04 Å². The number of hydrogen-bond acceptors (Lipinski definition) is 5. The summed E-state index contributed by atoms with van der Waals surface area (Å²) in [5, 5.41) is 2.85. The standard InChI is InChI=1S/C18H23N3O4S/c1-21(2)16(17-5-4-12-25-17)13-19-18(22)11-8-14-6-9-15(10-7-14)20-26(3,23)24/h4-12,16,20H,13H2,1-3H3,(H,19,22)/b11-8+. The number of likely N-dealkylation sites (N-methyl/N-ethyl adjacent to an activating group) is 1. The summed E-state index contributed by atoms with van der Waals surface area (Å²) < 4.78 is 30.1. The quantitative estimate of drug-likeness (QED) is 0.687. The second-order valence-corrected chi connectivity index (χ2v) is 7.82. The van der Waals surface area contributed by atoms with Crippen molar-refractivity contribution >= 4 is 27.7 Å². The monoisotopic (exact) mass is 377 g/mol. The highest BCUT2D eigenvalue weighted by atomic mass is 32.2. The fourth-order valence-electron chi connectivity index (χ4n) is 2.32. The molecule has 2 aromatic rings. The molecule has 0 aliphatic carbocycles. The zero-order valence-corrected chi connectivity index (χ0v) is 15.8. The van der Waals surface area contributed by atoms with Crippen LogP contribution in [0.2, 0.25) is 0 Å². The topological polar surface area (TPSA) is 91.7 Å². The normalized spacial score (nSPS) is 13.1. The molecule has 26 heavy (non-hydrogen) atoms. The summed E-state index contributed by atoms with van der Waals surface area (Å²) >= 11 is 0. The number of sulfonamides is 1. The molecule has 1 aromatic heterocycles. The van der Waals surface area contributed by atoms with Crippen molar-refractivity contribution in [3.63, 3.8) is 0 Å². The van der Waals surface area contributed by atoms with E-state index in [2.05, 4.69) is 10.0 Å². The van der Waals surface area contributed by atoms with Crippen LogP contribution in [-0.2, 0) is 14.8 Å². The Hall–Kier alpha value is -2.58. The van der Waals surface area contributed by atoms with Gasteiger partial charge in [0.1, 0.15) is 5.76 Å². The van der Waals surface area contributed by atoms with Crippen LogP contribution in [0.4, 0.5) is 5.69 Å². The summed E-state index contributed by atoms with van der Waals surface area (Å²) in [5.74, 6) is 0.565. The number of carbonyl (C=O) groups excluding carboxylic acids is 1. The average Bonchev–Trinajstić information content (AvgIpc) is 3.07. The van der Waals surface area contributed by atoms with Gasteiger partial charge in [-0.05, 0) is 50.0 Å². The summed E-state index contributed by atoms with van der Waals surface area (Å²) in [7, 11) is 0.535. The first-order chi connectivity index (χ1) is 12.2. The van der Waals surface area contributed by atoms with Crippen LogP contribution < -0.4 is 10.0 Å². The van der Waals surface area contributed by atoms with E-state index < -0.39 is 10.0 Å². The molecule has 2 rings (SSSR count). The van der Waals surface area contributed by atoms with E-state index in [0.717, 1.165) is 17.6 Å². The van der Waals surface area contributed by atoms with Crippen LogP contribution in [0.15, 0.2) is 53.2 Å². The Labute approximate surface area is 153 Å². The van der Waals surface area contributed by atoms with Gasteiger partial charge in [-0.3, -0.25) is 14.4 Å². The minimum absolute atomic E-state index is 0.0521. The van der Waals surface area contributed by atoms with Gasteiger partial charge in [-0.15, -0.1) is 0 Å². The number of carbonyl (C=O) groups is 1. The molecule has 0 aliphatic rings. The summed E-state index contributed by atoms with van der Waals surface area (Å²) in [6.45, 7) is 0.418. The molecule has 1 unspecified atom stereocenters. The number of benzene rings is 1. The number of rotatable bonds is 8. The van der Waals surface area contributed by atoms with Crippen LogP contribution in [0.3, 0.4) is 0 Å². The van der Waals surface area contributed by atoms with Crippen LogP contribution in [0.1, 0.15) is 17.4 Å². The molecule has 140 valence electrons. The summed E-state index contributed by atoms with van der Waals surface area (Å²) in [6, 6.07) is 10.4. The molecule has 0 saturated heterocycles. The lowest BCUT2D eigenvalue weighted by Crippen LogP contribution is -2.33. The largest absolute Gasteiger partial charge is 0.468 e. The molecule has 1 atom stereocenters. The second kappa shape index (κ2) is 8.68. The van der Waals surface area contributed by atoms with Gasteiger partial charge in [0, 0.05) is 18.3 Å². The van der Waals surface area contributed by atoms with Crippen LogP contribution in [0, 0.1) is 0 Å². The fourth-order valence-corrected chi connectivity index (χ4v) is 2.89. The smallest absolute Gasteiger partial charge is 0.244 e. The van der Waals surface area contributed by atoms with Gasteiger partial charge < -0.3 is 9.73 Å². The first kappa shape index (κ1) is 19.7. The van der Waals surface area contributed by atoms with Crippen molar-refractivity contribution in [2.24, 2.45) is 0 Å². The van der Waals surface area contributed by atoms with Gasteiger partial charge in [0.15, 0.2) is 0 Å². The zero-order chi connectivity index (χ0) is 19.2. The van der Waals surface area contributed by atoms with Gasteiger partial charge in [-0.2, -0.15) is 0 Å². The van der Waals surface area contributed by atoms with Gasteiger partial charge in [0.2, 0.25) is 15.9 Å². The van der Waals surface area contributed by atoms with Gasteiger partial charge >= 0.3 is 0 Å². The van der Waals surface area contributed by atoms with Crippen LogP contribution in [0.25, 0.3) is 6.08 Å². The Kier molecular flexibility index (Phi) is 6.59. The lowest BCUT2D eigenvalue weighted by atomic mass is 10.2. The molecule has 0 bridgehead atoms. The third kappa shape index (κ3) is 6.38. The molecule has 0 fully saturated rings. The van der Waals surface area contributed by atoms with Crippen molar-refractivity contribution in [3.05, 3.63) is 60.1 Å². The van der Waals surface area contributed by atoms with Gasteiger partial charge in [0.05, 0.1) is 18.6 Å². The second-order valence-electron chi connectivity index (χ2n) is 6.07. The summed E-state index contributed by atoms with van der Waals surface area (Å²) in [6.07, 6.45) is 5.80. The van der Waals surface area contributed by atoms with Crippen LogP contribution >= 0.6 is 0 Å². The van der Waals surface area contributed by atoms with E-state index in [-0.39, 0.29) is 11.9 Å². The number of amides is 1. The van der Waals surface area contributed by atoms with E-state index in [9.17, 15) is 13.2 Å². The predicted molar refractivity (Wildman–Crippen MR) is 102 cm³/mol. The molecule has 0 radical (unpaired) electrons. The lowest BCUT2D eigenvalue weighted by Gasteiger charge is -2.22. The van der Waals surface area contributed by atoms with E-state index in [4.69, 9.17) is 4.42 Å². The first-order valence-electron chi connectivity index (χ1n) is 7.98. The van der Waals surface area contributed by atoms with E-state index in [1.54, 1.807) is 36.6 Å². The summed E-state index contributed by atoms with van der Waals surface area (Å²) in [5.41, 5.74) is 1.26. The maximum absolute atomic E-state index is 12.0. The van der Waals surface area contributed by atoms with Crippen molar-refractivity contribution < 1.29 is 17.6 Å². The molecule has 1 amide bonds. The molecule has 1 heterocycles. The number of nitrogens with zero attached hydrogens (tertiary/aromatic N) is 1. The molecule has 0 spiro atoms. The SMILES string of the molecule is CN(C)C(CNC(=O)/C=C/c1ccc(NS(C)(=O)=O)cc1)c1ccco1. The van der Waals surface area contributed by atoms with Crippen LogP contribution in [-0.4, -0.2) is 46.1 Å². The zero-order valence-electron chi connectivity index (χ0n) is 15.0. The van der Waals surface area contributed by atoms with Crippen LogP contribution in [0.5, 0.6) is 0 Å². The lowest BCUT2D eigenvalue weighted by molar-refractivity contribution is -0.116. The third-order valence-electron chi connectivity index (χ3n) is 3.61. The maximum atomic E-state index is 12.0. The van der Waals surface area contributed by atoms with Crippen molar-refractivity contribution in [1.29, 1.82) is 0 Å². The highest BCUT2D eigenvalue weighted by Gasteiger charge is 2.17. The Morgan fingerprint density at radius 1 is 1.23 bits per heavy atom. The van der Waals surface area contributed by atoms with E-state index in [0.29, 0.717) is 12.2 Å². The number of nitrogens with one attached hydrogen (secondary N) is 2. The Balaban J connectivity index is 1.90. The molecular weight excluding hydrogens is 354 g/mol. The molecule has 7 nitrogen and oxygen atoms in total. The van der Waals surface area contributed by atoms with Crippen molar-refractivity contribution in [2.75, 3.05) is 31.6 Å². The Morgan fingerprint density at radius 2 is 1.92 bits per heavy atom. The molecule has 0 aliphatic heterocycles. The Bertz CT molecular complexity index is 841. The molecule has 8 heteroatoms. The predicted octanol–water partition coefficient (Wildman–Crippen LogP) is 2.08. The minimum Gasteiger partial charge on any atom is -0.468 e. The number of anilines is 1. The fraction of sp³-hybridized carbons (Fsp3) is 0.278. The van der Waals surface area contributed by atoms with Gasteiger partial charge in [0.25, 0.3) is 0 Å². The highest BCUT2D eigenvalue weighted by molar-refractivity contribution is 7.92. The average molecular weight is 377 g/mol.